The maximum atomic E-state index is 10.4. The Morgan fingerprint density at radius 2 is 1.00 bits per heavy atom. The van der Waals surface area contributed by atoms with Gasteiger partial charge in [-0.25, -0.2) is 0 Å². The molecule has 136 valence electrons. The summed E-state index contributed by atoms with van der Waals surface area (Å²) in [5.41, 5.74) is 6.81. The highest BCUT2D eigenvalue weighted by Gasteiger charge is 1.97. The number of hydrogen-bond donors (Lipinski definition) is 2. The van der Waals surface area contributed by atoms with Crippen molar-refractivity contribution in [3.05, 3.63) is 11.8 Å². The number of rotatable bonds is 17. The predicted molar refractivity (Wildman–Crippen MR) is 99.5 cm³/mol. The Labute approximate surface area is 143 Å². The van der Waals surface area contributed by atoms with E-state index in [0.717, 1.165) is 25.0 Å². The highest BCUT2D eigenvalue weighted by atomic mass is 16.4. The van der Waals surface area contributed by atoms with E-state index >= 15 is 0 Å². The number of allylic oxidation sites excluding steroid dienone is 2. The van der Waals surface area contributed by atoms with Gasteiger partial charge in [-0.1, -0.05) is 83.1 Å². The van der Waals surface area contributed by atoms with Gasteiger partial charge in [-0.2, -0.15) is 0 Å². The average Bonchev–Trinajstić information content (AvgIpc) is 2.53. The lowest BCUT2D eigenvalue weighted by Crippen LogP contribution is -1.95. The second kappa shape index (κ2) is 17.4. The summed E-state index contributed by atoms with van der Waals surface area (Å²) in [5.74, 6) is -0.660. The van der Waals surface area contributed by atoms with E-state index in [1.54, 1.807) is 0 Å². The molecular formula is C20H39NO2. The number of carbonyl (C=O) groups is 1. The molecule has 0 aliphatic rings. The van der Waals surface area contributed by atoms with Gasteiger partial charge in [0.1, 0.15) is 0 Å². The molecule has 0 amide bonds. The first-order valence-electron chi connectivity index (χ1n) is 9.79. The molecule has 0 rings (SSSR count). The van der Waals surface area contributed by atoms with Crippen molar-refractivity contribution in [2.75, 3.05) is 0 Å². The molecule has 0 radical (unpaired) electrons. The SMILES string of the molecule is CC=C(N)CCCCCCCCCCCCCCCCC(=O)O. The monoisotopic (exact) mass is 325 g/mol. The van der Waals surface area contributed by atoms with Gasteiger partial charge in [-0.15, -0.1) is 0 Å². The van der Waals surface area contributed by atoms with Gasteiger partial charge in [0, 0.05) is 12.1 Å². The minimum atomic E-state index is -0.660. The smallest absolute Gasteiger partial charge is 0.303 e. The number of hydrogen-bond acceptors (Lipinski definition) is 2. The van der Waals surface area contributed by atoms with E-state index in [4.69, 9.17) is 10.8 Å². The minimum absolute atomic E-state index is 0.336. The maximum Gasteiger partial charge on any atom is 0.303 e. The van der Waals surface area contributed by atoms with Crippen molar-refractivity contribution in [1.82, 2.24) is 0 Å². The lowest BCUT2D eigenvalue weighted by atomic mass is 10.0. The molecule has 3 N–H and O–H groups in total. The van der Waals surface area contributed by atoms with Crippen LogP contribution in [0.1, 0.15) is 110 Å². The van der Waals surface area contributed by atoms with Crippen LogP contribution in [0, 0.1) is 0 Å². The van der Waals surface area contributed by atoms with Crippen LogP contribution < -0.4 is 5.73 Å². The fourth-order valence-electron chi connectivity index (χ4n) is 2.87. The van der Waals surface area contributed by atoms with E-state index in [1.165, 1.54) is 77.0 Å². The molecule has 0 aromatic carbocycles. The van der Waals surface area contributed by atoms with Crippen LogP contribution in [0.3, 0.4) is 0 Å². The molecule has 0 spiro atoms. The maximum absolute atomic E-state index is 10.4. The zero-order valence-electron chi connectivity index (χ0n) is 15.3. The fraction of sp³-hybridized carbons (Fsp3) is 0.850. The molecule has 0 saturated heterocycles. The predicted octanol–water partition coefficient (Wildman–Crippen LogP) is 6.18. The first kappa shape index (κ1) is 22.0. The highest BCUT2D eigenvalue weighted by Crippen LogP contribution is 2.14. The summed E-state index contributed by atoms with van der Waals surface area (Å²) in [7, 11) is 0. The second-order valence-electron chi connectivity index (χ2n) is 6.71. The Hall–Kier alpha value is -0.990. The van der Waals surface area contributed by atoms with Gasteiger partial charge in [-0.3, -0.25) is 4.79 Å². The Bertz CT molecular complexity index is 300. The average molecular weight is 326 g/mol. The van der Waals surface area contributed by atoms with Crippen molar-refractivity contribution in [2.45, 2.75) is 110 Å². The van der Waals surface area contributed by atoms with Crippen molar-refractivity contribution in [3.63, 3.8) is 0 Å². The largest absolute Gasteiger partial charge is 0.481 e. The number of nitrogens with two attached hydrogens (primary N) is 1. The van der Waals surface area contributed by atoms with Crippen molar-refractivity contribution < 1.29 is 9.90 Å². The number of carboxylic acid groups (broad SMARTS) is 1. The van der Waals surface area contributed by atoms with Crippen LogP contribution in [0.2, 0.25) is 0 Å². The quantitative estimate of drug-likeness (QED) is 0.314. The van der Waals surface area contributed by atoms with Crippen molar-refractivity contribution in [3.8, 4) is 0 Å². The molecule has 0 atom stereocenters. The van der Waals surface area contributed by atoms with E-state index < -0.39 is 5.97 Å². The van der Waals surface area contributed by atoms with Crippen LogP contribution >= 0.6 is 0 Å². The van der Waals surface area contributed by atoms with E-state index in [0.29, 0.717) is 6.42 Å². The molecule has 0 fully saturated rings. The standard InChI is InChI=1S/C20H39NO2/c1-2-19(21)17-15-13-11-9-7-5-3-4-6-8-10-12-14-16-18-20(22)23/h2H,3-18,21H2,1H3,(H,22,23). The Morgan fingerprint density at radius 1 is 0.696 bits per heavy atom. The number of carboxylic acids is 1. The molecule has 0 aromatic rings. The van der Waals surface area contributed by atoms with Crippen LogP contribution in [0.15, 0.2) is 11.8 Å². The molecule has 0 saturated carbocycles. The Kier molecular flexibility index (Phi) is 16.6. The molecule has 3 heteroatoms. The summed E-state index contributed by atoms with van der Waals surface area (Å²) in [6.07, 6.45) is 21.3. The van der Waals surface area contributed by atoms with Gasteiger partial charge in [0.15, 0.2) is 0 Å². The van der Waals surface area contributed by atoms with Crippen LogP contribution in [-0.2, 0) is 4.79 Å². The molecule has 0 heterocycles. The molecule has 0 unspecified atom stereocenters. The zero-order valence-corrected chi connectivity index (χ0v) is 15.3. The molecule has 0 aromatic heterocycles. The second-order valence-corrected chi connectivity index (χ2v) is 6.71. The summed E-state index contributed by atoms with van der Waals surface area (Å²) in [6.45, 7) is 2.01. The summed E-state index contributed by atoms with van der Waals surface area (Å²) in [5, 5.41) is 8.54. The fourth-order valence-corrected chi connectivity index (χ4v) is 2.87. The third kappa shape index (κ3) is 19.0. The molecule has 3 nitrogen and oxygen atoms in total. The summed E-state index contributed by atoms with van der Waals surface area (Å²) < 4.78 is 0. The van der Waals surface area contributed by atoms with Crippen molar-refractivity contribution in [1.29, 1.82) is 0 Å². The minimum Gasteiger partial charge on any atom is -0.481 e. The topological polar surface area (TPSA) is 63.3 Å². The van der Waals surface area contributed by atoms with Gasteiger partial charge in [-0.05, 0) is 26.2 Å². The summed E-state index contributed by atoms with van der Waals surface area (Å²) >= 11 is 0. The zero-order chi connectivity index (χ0) is 17.2. The normalized spacial score (nSPS) is 11.8. The van der Waals surface area contributed by atoms with Gasteiger partial charge in [0.05, 0.1) is 0 Å². The molecule has 0 aliphatic heterocycles. The summed E-state index contributed by atoms with van der Waals surface area (Å²) in [4.78, 5) is 10.4. The van der Waals surface area contributed by atoms with Crippen molar-refractivity contribution >= 4 is 5.97 Å². The lowest BCUT2D eigenvalue weighted by molar-refractivity contribution is -0.137. The first-order valence-corrected chi connectivity index (χ1v) is 9.79. The molecular weight excluding hydrogens is 286 g/mol. The molecule has 0 bridgehead atoms. The van der Waals surface area contributed by atoms with Crippen LogP contribution in [-0.4, -0.2) is 11.1 Å². The summed E-state index contributed by atoms with van der Waals surface area (Å²) in [6, 6.07) is 0. The number of aliphatic carboxylic acids is 1. The molecule has 0 aliphatic carbocycles. The van der Waals surface area contributed by atoms with E-state index in [9.17, 15) is 4.79 Å². The Morgan fingerprint density at radius 3 is 1.30 bits per heavy atom. The molecule has 23 heavy (non-hydrogen) atoms. The van der Waals surface area contributed by atoms with Crippen molar-refractivity contribution in [2.24, 2.45) is 5.73 Å². The third-order valence-electron chi connectivity index (χ3n) is 4.48. The van der Waals surface area contributed by atoms with Crippen LogP contribution in [0.5, 0.6) is 0 Å². The van der Waals surface area contributed by atoms with Crippen LogP contribution in [0.4, 0.5) is 0 Å². The van der Waals surface area contributed by atoms with Crippen LogP contribution in [0.25, 0.3) is 0 Å². The van der Waals surface area contributed by atoms with E-state index in [2.05, 4.69) is 0 Å². The Balaban J connectivity index is 3.04. The van der Waals surface area contributed by atoms with Gasteiger partial charge in [0.25, 0.3) is 0 Å². The van der Waals surface area contributed by atoms with Gasteiger partial charge in [0.2, 0.25) is 0 Å². The van der Waals surface area contributed by atoms with Gasteiger partial charge < -0.3 is 10.8 Å². The highest BCUT2D eigenvalue weighted by molar-refractivity contribution is 5.66. The first-order chi connectivity index (χ1) is 11.2. The third-order valence-corrected chi connectivity index (χ3v) is 4.48. The van der Waals surface area contributed by atoms with Gasteiger partial charge >= 0.3 is 5.97 Å². The van der Waals surface area contributed by atoms with E-state index in [-0.39, 0.29) is 0 Å². The number of unbranched alkanes of at least 4 members (excludes halogenated alkanes) is 13. The lowest BCUT2D eigenvalue weighted by Gasteiger charge is -2.03. The van der Waals surface area contributed by atoms with E-state index in [1.807, 2.05) is 13.0 Å².